The summed E-state index contributed by atoms with van der Waals surface area (Å²) in [4.78, 5) is 14.2. The number of carbonyl (C=O) groups excluding carboxylic acids is 1. The lowest BCUT2D eigenvalue weighted by Gasteiger charge is -2.20. The molecule has 0 aliphatic carbocycles. The number of aromatic nitrogens is 2. The smallest absolute Gasteiger partial charge is 0.289 e. The van der Waals surface area contributed by atoms with Gasteiger partial charge in [-0.3, -0.25) is 9.48 Å². The molecule has 0 atom stereocenters. The predicted octanol–water partition coefficient (Wildman–Crippen LogP) is 2.16. The van der Waals surface area contributed by atoms with Crippen LogP contribution < -0.4 is 0 Å². The Kier molecular flexibility index (Phi) is 5.08. The molecule has 0 bridgehead atoms. The fourth-order valence-corrected chi connectivity index (χ4v) is 2.46. The van der Waals surface area contributed by atoms with Gasteiger partial charge in [0.25, 0.3) is 5.91 Å². The Labute approximate surface area is 139 Å². The molecule has 0 spiro atoms. The van der Waals surface area contributed by atoms with Crippen LogP contribution in [-0.2, 0) is 13.1 Å². The molecule has 6 heteroatoms. The van der Waals surface area contributed by atoms with Crippen molar-refractivity contribution >= 4 is 5.91 Å². The van der Waals surface area contributed by atoms with Crippen molar-refractivity contribution in [1.82, 2.24) is 14.7 Å². The Morgan fingerprint density at radius 2 is 2.00 bits per heavy atom. The monoisotopic (exact) mass is 325 g/mol. The number of hydrogen-bond donors (Lipinski definition) is 1. The summed E-state index contributed by atoms with van der Waals surface area (Å²) in [6.07, 6.45) is 3.52. The van der Waals surface area contributed by atoms with Gasteiger partial charge in [-0.2, -0.15) is 5.10 Å². The van der Waals surface area contributed by atoms with Crippen molar-refractivity contribution in [3.05, 3.63) is 78.0 Å². The van der Waals surface area contributed by atoms with Gasteiger partial charge in [-0.15, -0.1) is 0 Å². The standard InChI is InChI=1S/C18H19N3O3/c22-12-11-20(13-15-5-2-1-3-6-15)18(23)17-8-7-16(24-17)14-21-10-4-9-19-21/h1-10,22H,11-14H2. The summed E-state index contributed by atoms with van der Waals surface area (Å²) in [6, 6.07) is 14.9. The summed E-state index contributed by atoms with van der Waals surface area (Å²) in [5, 5.41) is 13.4. The highest BCUT2D eigenvalue weighted by Crippen LogP contribution is 2.14. The number of amides is 1. The fourth-order valence-electron chi connectivity index (χ4n) is 2.46. The number of rotatable bonds is 7. The lowest BCUT2D eigenvalue weighted by Crippen LogP contribution is -2.32. The van der Waals surface area contributed by atoms with E-state index in [0.717, 1.165) is 5.56 Å². The van der Waals surface area contributed by atoms with Crippen LogP contribution in [0.4, 0.5) is 0 Å². The normalized spacial score (nSPS) is 10.7. The third-order valence-corrected chi connectivity index (χ3v) is 3.62. The third kappa shape index (κ3) is 3.91. The van der Waals surface area contributed by atoms with E-state index in [9.17, 15) is 9.90 Å². The van der Waals surface area contributed by atoms with Crippen molar-refractivity contribution in [3.63, 3.8) is 0 Å². The van der Waals surface area contributed by atoms with Crippen LogP contribution in [0.25, 0.3) is 0 Å². The van der Waals surface area contributed by atoms with E-state index in [1.54, 1.807) is 27.9 Å². The number of hydrogen-bond acceptors (Lipinski definition) is 4. The summed E-state index contributed by atoms with van der Waals surface area (Å²) in [6.45, 7) is 1.05. The number of aliphatic hydroxyl groups is 1. The van der Waals surface area contributed by atoms with E-state index in [2.05, 4.69) is 5.10 Å². The molecule has 0 aliphatic heterocycles. The van der Waals surface area contributed by atoms with Crippen molar-refractivity contribution in [2.24, 2.45) is 0 Å². The van der Waals surface area contributed by atoms with E-state index < -0.39 is 0 Å². The molecule has 2 heterocycles. The minimum absolute atomic E-state index is 0.0978. The molecule has 0 unspecified atom stereocenters. The molecule has 0 radical (unpaired) electrons. The maximum atomic E-state index is 12.7. The van der Waals surface area contributed by atoms with Crippen molar-refractivity contribution < 1.29 is 14.3 Å². The molecule has 0 saturated carbocycles. The summed E-state index contributed by atoms with van der Waals surface area (Å²) in [5.41, 5.74) is 1.00. The van der Waals surface area contributed by atoms with Gasteiger partial charge in [0.15, 0.2) is 5.76 Å². The first-order chi connectivity index (χ1) is 11.8. The molecule has 124 valence electrons. The van der Waals surface area contributed by atoms with Gasteiger partial charge in [0.05, 0.1) is 13.2 Å². The van der Waals surface area contributed by atoms with E-state index in [0.29, 0.717) is 18.8 Å². The maximum absolute atomic E-state index is 12.7. The molecule has 24 heavy (non-hydrogen) atoms. The number of aliphatic hydroxyl groups excluding tert-OH is 1. The Hall–Kier alpha value is -2.86. The highest BCUT2D eigenvalue weighted by molar-refractivity contribution is 5.91. The van der Waals surface area contributed by atoms with Gasteiger partial charge in [0, 0.05) is 25.5 Å². The number of benzene rings is 1. The zero-order valence-corrected chi connectivity index (χ0v) is 13.2. The molecule has 0 saturated heterocycles. The second kappa shape index (κ2) is 7.61. The molecule has 1 amide bonds. The molecule has 0 aliphatic rings. The number of furan rings is 1. The molecular formula is C18H19N3O3. The minimum Gasteiger partial charge on any atom is -0.454 e. The van der Waals surface area contributed by atoms with Crippen LogP contribution in [0.2, 0.25) is 0 Å². The molecule has 1 N–H and O–H groups in total. The van der Waals surface area contributed by atoms with Gasteiger partial charge in [0.2, 0.25) is 0 Å². The van der Waals surface area contributed by atoms with E-state index in [1.165, 1.54) is 0 Å². The topological polar surface area (TPSA) is 71.5 Å². The maximum Gasteiger partial charge on any atom is 0.289 e. The van der Waals surface area contributed by atoms with Crippen LogP contribution in [0.5, 0.6) is 0 Å². The first kappa shape index (κ1) is 16.0. The Morgan fingerprint density at radius 1 is 1.17 bits per heavy atom. The zero-order valence-electron chi connectivity index (χ0n) is 13.2. The highest BCUT2D eigenvalue weighted by atomic mass is 16.4. The number of carbonyl (C=O) groups is 1. The van der Waals surface area contributed by atoms with Crippen LogP contribution >= 0.6 is 0 Å². The summed E-state index contributed by atoms with van der Waals surface area (Å²) in [5.74, 6) is 0.687. The highest BCUT2D eigenvalue weighted by Gasteiger charge is 2.19. The van der Waals surface area contributed by atoms with E-state index >= 15 is 0 Å². The fraction of sp³-hybridized carbons (Fsp3) is 0.222. The quantitative estimate of drug-likeness (QED) is 0.722. The Morgan fingerprint density at radius 3 is 2.71 bits per heavy atom. The van der Waals surface area contributed by atoms with Crippen LogP contribution in [0.3, 0.4) is 0 Å². The van der Waals surface area contributed by atoms with Crippen molar-refractivity contribution in [2.75, 3.05) is 13.2 Å². The van der Waals surface area contributed by atoms with Gasteiger partial charge in [-0.05, 0) is 23.8 Å². The molecule has 3 rings (SSSR count). The second-order valence-corrected chi connectivity index (χ2v) is 5.41. The summed E-state index contributed by atoms with van der Waals surface area (Å²) < 4.78 is 7.37. The average Bonchev–Trinajstić information content (AvgIpc) is 3.27. The summed E-state index contributed by atoms with van der Waals surface area (Å²) >= 11 is 0. The Bertz CT molecular complexity index is 766. The van der Waals surface area contributed by atoms with E-state index in [4.69, 9.17) is 4.42 Å². The SMILES string of the molecule is O=C(c1ccc(Cn2cccn2)o1)N(CCO)Cc1ccccc1. The molecule has 0 fully saturated rings. The predicted molar refractivity (Wildman–Crippen MR) is 88.3 cm³/mol. The van der Waals surface area contributed by atoms with Crippen LogP contribution in [0.15, 0.2) is 65.3 Å². The van der Waals surface area contributed by atoms with Gasteiger partial charge >= 0.3 is 0 Å². The molecular weight excluding hydrogens is 306 g/mol. The second-order valence-electron chi connectivity index (χ2n) is 5.41. The van der Waals surface area contributed by atoms with Crippen molar-refractivity contribution in [1.29, 1.82) is 0 Å². The molecule has 6 nitrogen and oxygen atoms in total. The van der Waals surface area contributed by atoms with E-state index in [1.807, 2.05) is 42.6 Å². The van der Waals surface area contributed by atoms with Gasteiger partial charge < -0.3 is 14.4 Å². The van der Waals surface area contributed by atoms with Gasteiger partial charge in [0.1, 0.15) is 5.76 Å². The average molecular weight is 325 g/mol. The Balaban J connectivity index is 1.71. The molecule has 2 aromatic heterocycles. The largest absolute Gasteiger partial charge is 0.454 e. The van der Waals surface area contributed by atoms with Crippen LogP contribution in [0.1, 0.15) is 21.9 Å². The minimum atomic E-state index is -0.236. The van der Waals surface area contributed by atoms with Gasteiger partial charge in [-0.1, -0.05) is 30.3 Å². The van der Waals surface area contributed by atoms with Crippen molar-refractivity contribution in [3.8, 4) is 0 Å². The van der Waals surface area contributed by atoms with Gasteiger partial charge in [-0.25, -0.2) is 0 Å². The number of nitrogens with zero attached hydrogens (tertiary/aromatic N) is 3. The van der Waals surface area contributed by atoms with Crippen molar-refractivity contribution in [2.45, 2.75) is 13.1 Å². The zero-order chi connectivity index (χ0) is 16.8. The molecule has 1 aromatic carbocycles. The third-order valence-electron chi connectivity index (χ3n) is 3.62. The van der Waals surface area contributed by atoms with E-state index in [-0.39, 0.29) is 24.8 Å². The van der Waals surface area contributed by atoms with Crippen LogP contribution in [-0.4, -0.2) is 38.8 Å². The lowest BCUT2D eigenvalue weighted by molar-refractivity contribution is 0.0674. The molecule has 3 aromatic rings. The lowest BCUT2D eigenvalue weighted by atomic mass is 10.2. The van der Waals surface area contributed by atoms with Crippen LogP contribution in [0, 0.1) is 0 Å². The first-order valence-electron chi connectivity index (χ1n) is 7.76. The summed E-state index contributed by atoms with van der Waals surface area (Å²) in [7, 11) is 0. The first-order valence-corrected chi connectivity index (χ1v) is 7.76.